The predicted octanol–water partition coefficient (Wildman–Crippen LogP) is 0.976. The largest absolute Gasteiger partial charge is 0.480 e. The van der Waals surface area contributed by atoms with Gasteiger partial charge in [-0.2, -0.15) is 11.8 Å². The molecule has 8 heteroatoms. The van der Waals surface area contributed by atoms with Gasteiger partial charge in [-0.3, -0.25) is 0 Å². The molecule has 0 aliphatic heterocycles. The quantitative estimate of drug-likeness (QED) is 0.597. The van der Waals surface area contributed by atoms with Gasteiger partial charge >= 0.3 is 12.0 Å². The minimum Gasteiger partial charge on any atom is -0.480 e. The molecule has 1 rings (SSSR count). The van der Waals surface area contributed by atoms with Crippen LogP contribution in [-0.4, -0.2) is 45.1 Å². The first-order chi connectivity index (χ1) is 9.04. The first-order valence-corrected chi connectivity index (χ1v) is 7.22. The molecule has 1 aromatic rings. The van der Waals surface area contributed by atoms with E-state index in [0.29, 0.717) is 18.0 Å². The number of nitrogens with zero attached hydrogens (tertiary/aromatic N) is 1. The molecule has 1 unspecified atom stereocenters. The number of carboxylic acids is 1. The summed E-state index contributed by atoms with van der Waals surface area (Å²) in [5.74, 6) is 0.256. The van der Waals surface area contributed by atoms with Gasteiger partial charge in [0, 0.05) is 12.4 Å². The molecule has 0 saturated heterocycles. The lowest BCUT2D eigenvalue weighted by Crippen LogP contribution is -2.47. The first kappa shape index (κ1) is 15.4. The fourth-order valence-electron chi connectivity index (χ4n) is 1.47. The molecule has 7 nitrogen and oxygen atoms in total. The number of hydrogen-bond acceptors (Lipinski definition) is 4. The Bertz CT molecular complexity index is 410. The van der Waals surface area contributed by atoms with Crippen molar-refractivity contribution >= 4 is 23.8 Å². The van der Waals surface area contributed by atoms with E-state index in [9.17, 15) is 9.59 Å². The van der Waals surface area contributed by atoms with E-state index in [2.05, 4.69) is 20.6 Å². The summed E-state index contributed by atoms with van der Waals surface area (Å²) in [6.07, 6.45) is 5.52. The van der Waals surface area contributed by atoms with Gasteiger partial charge in [-0.05, 0) is 25.4 Å². The smallest absolute Gasteiger partial charge is 0.326 e. The number of aromatic amines is 1. The van der Waals surface area contributed by atoms with Crippen molar-refractivity contribution in [2.24, 2.45) is 0 Å². The van der Waals surface area contributed by atoms with Gasteiger partial charge in [0.1, 0.15) is 11.9 Å². The van der Waals surface area contributed by atoms with Crippen LogP contribution in [0.25, 0.3) is 0 Å². The van der Waals surface area contributed by atoms with Crippen LogP contribution in [0.4, 0.5) is 4.79 Å². The number of nitrogens with one attached hydrogen (secondary N) is 3. The van der Waals surface area contributed by atoms with Crippen LogP contribution in [-0.2, 0) is 4.79 Å². The van der Waals surface area contributed by atoms with Crippen molar-refractivity contribution in [1.82, 2.24) is 20.6 Å². The summed E-state index contributed by atoms with van der Waals surface area (Å²) < 4.78 is 0. The zero-order valence-corrected chi connectivity index (χ0v) is 11.7. The second-order valence-corrected chi connectivity index (χ2v) is 4.97. The summed E-state index contributed by atoms with van der Waals surface area (Å²) in [6.45, 7) is 1.76. The molecule has 2 amide bonds. The van der Waals surface area contributed by atoms with Gasteiger partial charge in [0.05, 0.1) is 6.04 Å². The third-order valence-corrected chi connectivity index (χ3v) is 3.14. The second-order valence-electron chi connectivity index (χ2n) is 3.99. The fraction of sp³-hybridized carbons (Fsp3) is 0.545. The Balaban J connectivity index is 2.46. The molecule has 1 heterocycles. The monoisotopic (exact) mass is 286 g/mol. The Kier molecular flexibility index (Phi) is 6.20. The molecule has 106 valence electrons. The molecule has 2 atom stereocenters. The Hall–Kier alpha value is -1.70. The summed E-state index contributed by atoms with van der Waals surface area (Å²) in [7, 11) is 0. The molecule has 0 aliphatic carbocycles. The normalized spacial score (nSPS) is 13.6. The number of carbonyl (C=O) groups excluding carboxylic acids is 1. The van der Waals surface area contributed by atoms with Crippen LogP contribution < -0.4 is 10.6 Å². The molecular formula is C11H18N4O3S. The average Bonchev–Trinajstić information content (AvgIpc) is 2.87. The minimum atomic E-state index is -1.03. The number of H-pyrrole nitrogens is 1. The van der Waals surface area contributed by atoms with Crippen LogP contribution in [0.1, 0.15) is 25.2 Å². The van der Waals surface area contributed by atoms with Crippen molar-refractivity contribution < 1.29 is 14.7 Å². The Morgan fingerprint density at radius 1 is 1.53 bits per heavy atom. The Labute approximate surface area is 115 Å². The molecule has 0 aromatic carbocycles. The van der Waals surface area contributed by atoms with Crippen LogP contribution in [0.3, 0.4) is 0 Å². The number of thioether (sulfide) groups is 1. The number of urea groups is 1. The average molecular weight is 286 g/mol. The van der Waals surface area contributed by atoms with Gasteiger partial charge < -0.3 is 20.7 Å². The Morgan fingerprint density at radius 3 is 2.79 bits per heavy atom. The number of hydrogen-bond donors (Lipinski definition) is 4. The van der Waals surface area contributed by atoms with Gasteiger partial charge in [0.2, 0.25) is 0 Å². The molecule has 0 saturated carbocycles. The second kappa shape index (κ2) is 7.67. The van der Waals surface area contributed by atoms with Crippen LogP contribution >= 0.6 is 11.8 Å². The highest BCUT2D eigenvalue weighted by atomic mass is 32.2. The van der Waals surface area contributed by atoms with Gasteiger partial charge in [0.25, 0.3) is 0 Å². The number of amides is 2. The van der Waals surface area contributed by atoms with Crippen molar-refractivity contribution in [3.05, 3.63) is 18.2 Å². The standard InChI is InChI=1S/C11H18N4O3S/c1-7(9-12-4-5-13-9)14-11(18)15-8(10(16)17)3-6-19-2/h4-5,7-8H,3,6H2,1-2H3,(H,12,13)(H,16,17)(H2,14,15,18)/t7?,8-/m1/s1. The maximum Gasteiger partial charge on any atom is 0.326 e. The van der Waals surface area contributed by atoms with Crippen molar-refractivity contribution in [1.29, 1.82) is 0 Å². The first-order valence-electron chi connectivity index (χ1n) is 5.82. The van der Waals surface area contributed by atoms with Crippen LogP contribution in [0, 0.1) is 0 Å². The summed E-state index contributed by atoms with van der Waals surface area (Å²) in [5.41, 5.74) is 0. The maximum absolute atomic E-state index is 11.7. The number of aromatic nitrogens is 2. The number of carboxylic acid groups (broad SMARTS) is 1. The van der Waals surface area contributed by atoms with E-state index >= 15 is 0 Å². The summed E-state index contributed by atoms with van der Waals surface area (Å²) in [4.78, 5) is 29.6. The van der Waals surface area contributed by atoms with E-state index in [0.717, 1.165) is 0 Å². The van der Waals surface area contributed by atoms with Crippen LogP contribution in [0.5, 0.6) is 0 Å². The van der Waals surface area contributed by atoms with Crippen molar-refractivity contribution in [3.8, 4) is 0 Å². The molecular weight excluding hydrogens is 268 g/mol. The predicted molar refractivity (Wildman–Crippen MR) is 73.1 cm³/mol. The maximum atomic E-state index is 11.7. The highest BCUT2D eigenvalue weighted by molar-refractivity contribution is 7.98. The SMILES string of the molecule is CSCC[C@@H](NC(=O)NC(C)c1ncc[nH]1)C(=O)O. The van der Waals surface area contributed by atoms with Gasteiger partial charge in [-0.15, -0.1) is 0 Å². The van der Waals surface area contributed by atoms with E-state index in [-0.39, 0.29) is 6.04 Å². The van der Waals surface area contributed by atoms with Crippen molar-refractivity contribution in [3.63, 3.8) is 0 Å². The van der Waals surface area contributed by atoms with Crippen molar-refractivity contribution in [2.45, 2.75) is 25.4 Å². The molecule has 0 fully saturated rings. The fourth-order valence-corrected chi connectivity index (χ4v) is 1.94. The molecule has 0 spiro atoms. The van der Waals surface area contributed by atoms with E-state index in [4.69, 9.17) is 5.11 Å². The number of carbonyl (C=O) groups is 2. The van der Waals surface area contributed by atoms with Crippen molar-refractivity contribution in [2.75, 3.05) is 12.0 Å². The molecule has 0 aliphatic rings. The summed E-state index contributed by atoms with van der Waals surface area (Å²) in [6, 6.07) is -1.71. The lowest BCUT2D eigenvalue weighted by molar-refractivity contribution is -0.139. The molecule has 4 N–H and O–H groups in total. The third-order valence-electron chi connectivity index (χ3n) is 2.49. The number of rotatable bonds is 7. The van der Waals surface area contributed by atoms with E-state index < -0.39 is 18.0 Å². The zero-order chi connectivity index (χ0) is 14.3. The van der Waals surface area contributed by atoms with Gasteiger partial charge in [-0.25, -0.2) is 14.6 Å². The number of aliphatic carboxylic acids is 1. The topological polar surface area (TPSA) is 107 Å². The minimum absolute atomic E-state index is 0.315. The van der Waals surface area contributed by atoms with Gasteiger partial charge in [0.15, 0.2) is 0 Å². The molecule has 19 heavy (non-hydrogen) atoms. The highest BCUT2D eigenvalue weighted by Gasteiger charge is 2.20. The molecule has 1 aromatic heterocycles. The molecule has 0 bridgehead atoms. The van der Waals surface area contributed by atoms with Crippen LogP contribution in [0.2, 0.25) is 0 Å². The lowest BCUT2D eigenvalue weighted by atomic mass is 10.2. The number of imidazole rings is 1. The lowest BCUT2D eigenvalue weighted by Gasteiger charge is -2.17. The van der Waals surface area contributed by atoms with E-state index in [1.165, 1.54) is 11.8 Å². The van der Waals surface area contributed by atoms with Gasteiger partial charge in [-0.1, -0.05) is 0 Å². The highest BCUT2D eigenvalue weighted by Crippen LogP contribution is 2.05. The van der Waals surface area contributed by atoms with E-state index in [1.807, 2.05) is 6.26 Å². The zero-order valence-electron chi connectivity index (χ0n) is 10.8. The Morgan fingerprint density at radius 2 is 2.26 bits per heavy atom. The molecule has 0 radical (unpaired) electrons. The van der Waals surface area contributed by atoms with E-state index in [1.54, 1.807) is 19.3 Å². The summed E-state index contributed by atoms with van der Waals surface area (Å²) >= 11 is 1.54. The summed E-state index contributed by atoms with van der Waals surface area (Å²) in [5, 5.41) is 14.1. The van der Waals surface area contributed by atoms with Crippen LogP contribution in [0.15, 0.2) is 12.4 Å². The third kappa shape index (κ3) is 5.21.